The Morgan fingerprint density at radius 3 is 1.96 bits per heavy atom. The predicted molar refractivity (Wildman–Crippen MR) is 112 cm³/mol. The van der Waals surface area contributed by atoms with Gasteiger partial charge in [-0.3, -0.25) is 0 Å². The summed E-state index contributed by atoms with van der Waals surface area (Å²) in [6.45, 7) is 8.63. The lowest BCUT2D eigenvalue weighted by Gasteiger charge is -2.21. The molecule has 0 spiro atoms. The molecule has 0 unspecified atom stereocenters. The van der Waals surface area contributed by atoms with Crippen LogP contribution in [0, 0.1) is 0 Å². The molecule has 0 fully saturated rings. The number of aromatic nitrogens is 3. The Kier molecular flexibility index (Phi) is 6.42. The third-order valence-electron chi connectivity index (χ3n) is 4.57. The first-order valence-electron chi connectivity index (χ1n) is 9.57. The number of rotatable bonds is 8. The number of hydrogen-bond donors (Lipinski definition) is 0. The summed E-state index contributed by atoms with van der Waals surface area (Å²) in [5.41, 5.74) is 4.53. The molecule has 6 heteroatoms. The minimum atomic E-state index is 0.275. The summed E-state index contributed by atoms with van der Waals surface area (Å²) in [5, 5.41) is 8.56. The Bertz CT molecular complexity index is 891. The van der Waals surface area contributed by atoms with Crippen molar-refractivity contribution in [2.45, 2.75) is 20.8 Å². The van der Waals surface area contributed by atoms with E-state index >= 15 is 0 Å². The molecule has 0 atom stereocenters. The third-order valence-corrected chi connectivity index (χ3v) is 4.57. The summed E-state index contributed by atoms with van der Waals surface area (Å²) in [4.78, 5) is 6.91. The standard InChI is InChI=1S/C22H26N4O2/c1-5-26(6-2)18-12-8-17(9-13-18)21-20(23-22(25-24-21)28-7-3)16-10-14-19(27-4)15-11-16/h8-15H,5-7H2,1-4H3. The molecule has 0 aliphatic heterocycles. The molecule has 3 rings (SSSR count). The number of nitrogens with zero attached hydrogens (tertiary/aromatic N) is 4. The highest BCUT2D eigenvalue weighted by atomic mass is 16.5. The molecule has 0 aliphatic carbocycles. The zero-order valence-corrected chi connectivity index (χ0v) is 16.8. The number of methoxy groups -OCH3 is 1. The van der Waals surface area contributed by atoms with Gasteiger partial charge in [0, 0.05) is 29.9 Å². The van der Waals surface area contributed by atoms with E-state index < -0.39 is 0 Å². The van der Waals surface area contributed by atoms with Gasteiger partial charge in [0.25, 0.3) is 0 Å². The second-order valence-corrected chi connectivity index (χ2v) is 6.17. The van der Waals surface area contributed by atoms with Crippen molar-refractivity contribution in [3.05, 3.63) is 48.5 Å². The molecule has 6 nitrogen and oxygen atoms in total. The molecule has 0 radical (unpaired) electrons. The Morgan fingerprint density at radius 1 is 0.786 bits per heavy atom. The quantitative estimate of drug-likeness (QED) is 0.577. The summed E-state index contributed by atoms with van der Waals surface area (Å²) in [6, 6.07) is 16.4. The number of ether oxygens (including phenoxy) is 2. The van der Waals surface area contributed by atoms with E-state index in [2.05, 4.69) is 58.2 Å². The first kappa shape index (κ1) is 19.6. The molecule has 0 bridgehead atoms. The normalized spacial score (nSPS) is 10.6. The molecule has 146 valence electrons. The Morgan fingerprint density at radius 2 is 1.39 bits per heavy atom. The first-order valence-corrected chi connectivity index (χ1v) is 9.57. The summed E-state index contributed by atoms with van der Waals surface area (Å²) in [7, 11) is 1.65. The van der Waals surface area contributed by atoms with Crippen molar-refractivity contribution in [3.8, 4) is 34.3 Å². The molecular formula is C22H26N4O2. The van der Waals surface area contributed by atoms with Crippen molar-refractivity contribution in [2.24, 2.45) is 0 Å². The molecule has 1 aromatic heterocycles. The molecule has 2 aromatic carbocycles. The summed E-state index contributed by atoms with van der Waals surface area (Å²) in [5.74, 6) is 0.793. The predicted octanol–water partition coefficient (Wildman–Crippen LogP) is 4.46. The van der Waals surface area contributed by atoms with Crippen LogP contribution in [0.2, 0.25) is 0 Å². The topological polar surface area (TPSA) is 60.4 Å². The molecule has 3 aromatic rings. The molecule has 0 aliphatic rings. The highest BCUT2D eigenvalue weighted by Crippen LogP contribution is 2.31. The minimum absolute atomic E-state index is 0.275. The molecule has 0 saturated heterocycles. The molecule has 0 N–H and O–H groups in total. The number of hydrogen-bond acceptors (Lipinski definition) is 6. The molecule has 1 heterocycles. The zero-order chi connectivity index (χ0) is 19.9. The fourth-order valence-corrected chi connectivity index (χ4v) is 3.06. The molecule has 0 amide bonds. The van der Waals surface area contributed by atoms with E-state index in [1.54, 1.807) is 7.11 Å². The van der Waals surface area contributed by atoms with Crippen LogP contribution >= 0.6 is 0 Å². The van der Waals surface area contributed by atoms with Crippen LogP contribution in [0.5, 0.6) is 11.8 Å². The second kappa shape index (κ2) is 9.17. The lowest BCUT2D eigenvalue weighted by atomic mass is 10.0. The molecule has 0 saturated carbocycles. The first-order chi connectivity index (χ1) is 13.7. The van der Waals surface area contributed by atoms with Crippen LogP contribution in [0.4, 0.5) is 5.69 Å². The smallest absolute Gasteiger partial charge is 0.336 e. The van der Waals surface area contributed by atoms with E-state index in [1.807, 2.05) is 31.2 Å². The van der Waals surface area contributed by atoms with Gasteiger partial charge >= 0.3 is 6.01 Å². The average molecular weight is 378 g/mol. The van der Waals surface area contributed by atoms with E-state index in [-0.39, 0.29) is 6.01 Å². The maximum atomic E-state index is 5.47. The fraction of sp³-hybridized carbons (Fsp3) is 0.318. The second-order valence-electron chi connectivity index (χ2n) is 6.17. The monoisotopic (exact) mass is 378 g/mol. The minimum Gasteiger partial charge on any atom is -0.497 e. The maximum absolute atomic E-state index is 5.47. The van der Waals surface area contributed by atoms with E-state index in [0.717, 1.165) is 41.4 Å². The lowest BCUT2D eigenvalue weighted by molar-refractivity contribution is 0.308. The highest BCUT2D eigenvalue weighted by Gasteiger charge is 2.15. The van der Waals surface area contributed by atoms with Gasteiger partial charge in [0.15, 0.2) is 0 Å². The van der Waals surface area contributed by atoms with Gasteiger partial charge in [0.1, 0.15) is 17.1 Å². The van der Waals surface area contributed by atoms with Crippen molar-refractivity contribution < 1.29 is 9.47 Å². The van der Waals surface area contributed by atoms with Crippen LogP contribution in [0.15, 0.2) is 48.5 Å². The van der Waals surface area contributed by atoms with Gasteiger partial charge in [-0.1, -0.05) is 17.2 Å². The van der Waals surface area contributed by atoms with Gasteiger partial charge < -0.3 is 14.4 Å². The van der Waals surface area contributed by atoms with Crippen molar-refractivity contribution >= 4 is 5.69 Å². The average Bonchev–Trinajstić information content (AvgIpc) is 2.75. The van der Waals surface area contributed by atoms with Crippen molar-refractivity contribution in [2.75, 3.05) is 31.7 Å². The zero-order valence-electron chi connectivity index (χ0n) is 16.8. The SMILES string of the molecule is CCOc1nnc(-c2ccc(N(CC)CC)cc2)c(-c2ccc(OC)cc2)n1. The van der Waals surface area contributed by atoms with Crippen LogP contribution in [0.1, 0.15) is 20.8 Å². The lowest BCUT2D eigenvalue weighted by Crippen LogP contribution is -2.21. The number of anilines is 1. The van der Waals surface area contributed by atoms with Crippen LogP contribution in [0.3, 0.4) is 0 Å². The Labute approximate surface area is 166 Å². The van der Waals surface area contributed by atoms with Crippen molar-refractivity contribution in [1.82, 2.24) is 15.2 Å². The summed E-state index contributed by atoms with van der Waals surface area (Å²) < 4.78 is 10.7. The van der Waals surface area contributed by atoms with Gasteiger partial charge in [-0.15, -0.1) is 5.10 Å². The van der Waals surface area contributed by atoms with Crippen molar-refractivity contribution in [1.29, 1.82) is 0 Å². The summed E-state index contributed by atoms with van der Waals surface area (Å²) >= 11 is 0. The molecule has 28 heavy (non-hydrogen) atoms. The highest BCUT2D eigenvalue weighted by molar-refractivity contribution is 5.78. The Balaban J connectivity index is 2.04. The van der Waals surface area contributed by atoms with Crippen LogP contribution in [0.25, 0.3) is 22.5 Å². The van der Waals surface area contributed by atoms with E-state index in [9.17, 15) is 0 Å². The van der Waals surface area contributed by atoms with Gasteiger partial charge in [-0.25, -0.2) is 0 Å². The summed E-state index contributed by atoms with van der Waals surface area (Å²) in [6.07, 6.45) is 0. The Hall–Kier alpha value is -3.15. The van der Waals surface area contributed by atoms with E-state index in [1.165, 1.54) is 5.69 Å². The van der Waals surface area contributed by atoms with Crippen LogP contribution in [-0.4, -0.2) is 42.0 Å². The van der Waals surface area contributed by atoms with E-state index in [4.69, 9.17) is 9.47 Å². The van der Waals surface area contributed by atoms with Gasteiger partial charge in [0.05, 0.1) is 13.7 Å². The largest absolute Gasteiger partial charge is 0.497 e. The van der Waals surface area contributed by atoms with Crippen LogP contribution < -0.4 is 14.4 Å². The maximum Gasteiger partial charge on any atom is 0.336 e. The van der Waals surface area contributed by atoms with Crippen molar-refractivity contribution in [3.63, 3.8) is 0 Å². The fourth-order valence-electron chi connectivity index (χ4n) is 3.06. The molecular weight excluding hydrogens is 352 g/mol. The number of benzene rings is 2. The van der Waals surface area contributed by atoms with Gasteiger partial charge in [-0.05, 0) is 57.2 Å². The van der Waals surface area contributed by atoms with E-state index in [0.29, 0.717) is 6.61 Å². The van der Waals surface area contributed by atoms with Gasteiger partial charge in [-0.2, -0.15) is 4.98 Å². The van der Waals surface area contributed by atoms with Gasteiger partial charge in [0.2, 0.25) is 0 Å². The van der Waals surface area contributed by atoms with Crippen LogP contribution in [-0.2, 0) is 0 Å². The third kappa shape index (κ3) is 4.22.